The molecule has 1 aromatic heterocycles. The van der Waals surface area contributed by atoms with Gasteiger partial charge in [0.25, 0.3) is 5.56 Å². The Hall–Kier alpha value is -3.65. The van der Waals surface area contributed by atoms with Crippen molar-refractivity contribution in [3.63, 3.8) is 0 Å². The molecule has 2 aromatic carbocycles. The number of aliphatic hydroxyl groups excluding tert-OH is 1. The third-order valence-corrected chi connectivity index (χ3v) is 4.97. The molecular weight excluding hydrogens is 425 g/mol. The molecule has 0 aliphatic carbocycles. The SMILES string of the molecule is CNc1ccc(/C=C/c2c(F)c(-n3ccc(=O)[nH]c3=O)cc(C(C)(C)C)c2OC)cc1.CO. The van der Waals surface area contributed by atoms with E-state index in [2.05, 4.69) is 10.3 Å². The maximum absolute atomic E-state index is 15.7. The van der Waals surface area contributed by atoms with Crippen LogP contribution in [0.4, 0.5) is 10.1 Å². The monoisotopic (exact) mass is 455 g/mol. The first-order valence-corrected chi connectivity index (χ1v) is 10.3. The number of anilines is 1. The highest BCUT2D eigenvalue weighted by Gasteiger charge is 2.26. The van der Waals surface area contributed by atoms with E-state index < -0.39 is 22.5 Å². The van der Waals surface area contributed by atoms with E-state index in [1.165, 1.54) is 19.4 Å². The molecule has 0 aliphatic heterocycles. The van der Waals surface area contributed by atoms with Crippen LogP contribution in [0.2, 0.25) is 0 Å². The molecule has 3 rings (SSSR count). The summed E-state index contributed by atoms with van der Waals surface area (Å²) in [6.45, 7) is 5.93. The van der Waals surface area contributed by atoms with Gasteiger partial charge in [0.05, 0.1) is 18.4 Å². The molecule has 1 heterocycles. The highest BCUT2D eigenvalue weighted by molar-refractivity contribution is 5.76. The molecule has 3 aromatic rings. The fraction of sp³-hybridized carbons (Fsp3) is 0.280. The van der Waals surface area contributed by atoms with Gasteiger partial charge in [-0.1, -0.05) is 39.0 Å². The summed E-state index contributed by atoms with van der Waals surface area (Å²) in [6, 6.07) is 10.4. The van der Waals surface area contributed by atoms with Gasteiger partial charge in [-0.15, -0.1) is 0 Å². The van der Waals surface area contributed by atoms with E-state index >= 15 is 4.39 Å². The third-order valence-electron chi connectivity index (χ3n) is 4.97. The molecule has 33 heavy (non-hydrogen) atoms. The van der Waals surface area contributed by atoms with Crippen LogP contribution in [0, 0.1) is 5.82 Å². The number of benzene rings is 2. The van der Waals surface area contributed by atoms with Crippen LogP contribution in [0.15, 0.2) is 52.2 Å². The van der Waals surface area contributed by atoms with Crippen LogP contribution < -0.4 is 21.3 Å². The van der Waals surface area contributed by atoms with Crippen molar-refractivity contribution in [1.82, 2.24) is 9.55 Å². The highest BCUT2D eigenvalue weighted by Crippen LogP contribution is 2.39. The Morgan fingerprint density at radius 2 is 1.73 bits per heavy atom. The van der Waals surface area contributed by atoms with Gasteiger partial charge in [-0.25, -0.2) is 9.18 Å². The number of hydrogen-bond acceptors (Lipinski definition) is 5. The number of aromatic amines is 1. The Labute approximate surface area is 192 Å². The van der Waals surface area contributed by atoms with Gasteiger partial charge in [0.15, 0.2) is 5.82 Å². The lowest BCUT2D eigenvalue weighted by molar-refractivity contribution is 0.392. The molecular formula is C25H30FN3O4. The molecule has 0 radical (unpaired) electrons. The zero-order chi connectivity index (χ0) is 24.8. The van der Waals surface area contributed by atoms with E-state index in [0.717, 1.165) is 28.5 Å². The number of nitrogens with zero attached hydrogens (tertiary/aromatic N) is 1. The lowest BCUT2D eigenvalue weighted by Gasteiger charge is -2.25. The molecule has 0 fully saturated rings. The van der Waals surface area contributed by atoms with Crippen LogP contribution in [-0.4, -0.2) is 35.9 Å². The van der Waals surface area contributed by atoms with Gasteiger partial charge >= 0.3 is 5.69 Å². The lowest BCUT2D eigenvalue weighted by atomic mass is 9.84. The molecule has 0 aliphatic rings. The number of ether oxygens (including phenoxy) is 1. The van der Waals surface area contributed by atoms with Gasteiger partial charge in [0.1, 0.15) is 5.75 Å². The van der Waals surface area contributed by atoms with Gasteiger partial charge < -0.3 is 15.2 Å². The van der Waals surface area contributed by atoms with E-state index in [4.69, 9.17) is 9.84 Å². The predicted molar refractivity (Wildman–Crippen MR) is 131 cm³/mol. The average molecular weight is 456 g/mol. The van der Waals surface area contributed by atoms with Crippen molar-refractivity contribution in [1.29, 1.82) is 0 Å². The standard InChI is InChI=1S/C24H26FN3O3.CH4O/c1-24(2,3)18-14-19(28-13-12-20(29)27-23(28)30)21(25)17(22(18)31-5)11-8-15-6-9-16(26-4)10-7-15;1-2/h6-14,26H,1-5H3,(H,27,29,30);2H,1H3/b11-8+;. The maximum atomic E-state index is 15.7. The molecule has 8 heteroatoms. The molecule has 7 nitrogen and oxygen atoms in total. The summed E-state index contributed by atoms with van der Waals surface area (Å²) in [6.07, 6.45) is 4.69. The van der Waals surface area contributed by atoms with Crippen LogP contribution in [-0.2, 0) is 5.41 Å². The lowest BCUT2D eigenvalue weighted by Crippen LogP contribution is -2.28. The van der Waals surface area contributed by atoms with Gasteiger partial charge in [0.2, 0.25) is 0 Å². The number of hydrogen-bond donors (Lipinski definition) is 3. The van der Waals surface area contributed by atoms with E-state index in [0.29, 0.717) is 5.75 Å². The molecule has 0 unspecified atom stereocenters. The first-order chi connectivity index (χ1) is 15.7. The van der Waals surface area contributed by atoms with Crippen molar-refractivity contribution in [3.8, 4) is 11.4 Å². The van der Waals surface area contributed by atoms with E-state index in [1.807, 2.05) is 52.1 Å². The second kappa shape index (κ2) is 10.8. The van der Waals surface area contributed by atoms with Gasteiger partial charge in [0, 0.05) is 37.7 Å². The van der Waals surface area contributed by atoms with Crippen molar-refractivity contribution in [3.05, 3.63) is 85.9 Å². The molecule has 0 saturated carbocycles. The number of rotatable bonds is 5. The molecule has 3 N–H and O–H groups in total. The van der Waals surface area contributed by atoms with Crippen molar-refractivity contribution >= 4 is 17.8 Å². The van der Waals surface area contributed by atoms with E-state index in [1.54, 1.807) is 18.2 Å². The van der Waals surface area contributed by atoms with E-state index in [-0.39, 0.29) is 11.3 Å². The van der Waals surface area contributed by atoms with Crippen LogP contribution in [0.3, 0.4) is 0 Å². The van der Waals surface area contributed by atoms with Crippen LogP contribution in [0.25, 0.3) is 17.8 Å². The summed E-state index contributed by atoms with van der Waals surface area (Å²) in [5.41, 5.74) is 1.19. The van der Waals surface area contributed by atoms with Crippen molar-refractivity contribution in [2.45, 2.75) is 26.2 Å². The number of aliphatic hydroxyl groups is 1. The Kier molecular flexibility index (Phi) is 8.37. The summed E-state index contributed by atoms with van der Waals surface area (Å²) in [4.78, 5) is 26.0. The van der Waals surface area contributed by atoms with Crippen LogP contribution in [0.1, 0.15) is 37.5 Å². The minimum atomic E-state index is -0.714. The predicted octanol–water partition coefficient (Wildman–Crippen LogP) is 3.79. The minimum Gasteiger partial charge on any atom is -0.496 e. The molecule has 0 amide bonds. The number of nitrogens with one attached hydrogen (secondary N) is 2. The van der Waals surface area contributed by atoms with Crippen LogP contribution >= 0.6 is 0 Å². The molecule has 0 saturated heterocycles. The van der Waals surface area contributed by atoms with Crippen molar-refractivity contribution in [2.75, 3.05) is 26.6 Å². The molecule has 0 spiro atoms. The summed E-state index contributed by atoms with van der Waals surface area (Å²) in [5.74, 6) is -0.226. The number of halogens is 1. The second-order valence-corrected chi connectivity index (χ2v) is 8.14. The Bertz CT molecular complexity index is 1240. The fourth-order valence-electron chi connectivity index (χ4n) is 3.30. The smallest absolute Gasteiger partial charge is 0.333 e. The van der Waals surface area contributed by atoms with Crippen molar-refractivity contribution < 1.29 is 14.2 Å². The van der Waals surface area contributed by atoms with Gasteiger partial charge in [-0.05, 0) is 35.3 Å². The first kappa shape index (κ1) is 25.6. The summed E-state index contributed by atoms with van der Waals surface area (Å²) >= 11 is 0. The number of aromatic nitrogens is 2. The second-order valence-electron chi connectivity index (χ2n) is 8.14. The Balaban J connectivity index is 0.00000187. The zero-order valence-electron chi connectivity index (χ0n) is 19.7. The largest absolute Gasteiger partial charge is 0.496 e. The minimum absolute atomic E-state index is 0.0390. The number of H-pyrrole nitrogens is 1. The maximum Gasteiger partial charge on any atom is 0.333 e. The quantitative estimate of drug-likeness (QED) is 0.509. The summed E-state index contributed by atoms with van der Waals surface area (Å²) < 4.78 is 22.4. The third kappa shape index (κ3) is 5.78. The molecule has 0 atom stereocenters. The van der Waals surface area contributed by atoms with Gasteiger partial charge in [-0.2, -0.15) is 0 Å². The van der Waals surface area contributed by atoms with Crippen LogP contribution in [0.5, 0.6) is 5.75 Å². The molecule has 0 bridgehead atoms. The molecule has 176 valence electrons. The summed E-state index contributed by atoms with van der Waals surface area (Å²) in [5, 5.41) is 10.1. The van der Waals surface area contributed by atoms with E-state index in [9.17, 15) is 9.59 Å². The van der Waals surface area contributed by atoms with Crippen molar-refractivity contribution in [2.24, 2.45) is 0 Å². The average Bonchev–Trinajstić information content (AvgIpc) is 2.79. The fourth-order valence-corrected chi connectivity index (χ4v) is 3.30. The number of methoxy groups -OCH3 is 1. The highest BCUT2D eigenvalue weighted by atomic mass is 19.1. The Morgan fingerprint density at radius 3 is 2.24 bits per heavy atom. The topological polar surface area (TPSA) is 96.4 Å². The Morgan fingerprint density at radius 1 is 1.09 bits per heavy atom. The normalized spacial score (nSPS) is 11.2. The summed E-state index contributed by atoms with van der Waals surface area (Å²) in [7, 11) is 4.33. The first-order valence-electron chi connectivity index (χ1n) is 10.3. The van der Waals surface area contributed by atoms with Gasteiger partial charge in [-0.3, -0.25) is 14.3 Å². The zero-order valence-corrected chi connectivity index (χ0v) is 19.7.